The van der Waals surface area contributed by atoms with Crippen LogP contribution < -0.4 is 0 Å². The molecule has 3 rings (SSSR count). The molecule has 1 aromatic rings. The second-order valence-corrected chi connectivity index (χ2v) is 7.14. The average Bonchev–Trinajstić information content (AvgIpc) is 2.96. The van der Waals surface area contributed by atoms with Gasteiger partial charge in [0.15, 0.2) is 0 Å². The quantitative estimate of drug-likeness (QED) is 0.812. The van der Waals surface area contributed by atoms with Gasteiger partial charge in [-0.3, -0.25) is 0 Å². The van der Waals surface area contributed by atoms with Gasteiger partial charge >= 0.3 is 0 Å². The Morgan fingerprint density at radius 1 is 1.18 bits per heavy atom. The van der Waals surface area contributed by atoms with Crippen LogP contribution in [0.1, 0.15) is 52.0 Å². The zero-order valence-electron chi connectivity index (χ0n) is 13.9. The summed E-state index contributed by atoms with van der Waals surface area (Å²) in [6.07, 6.45) is 4.57. The van der Waals surface area contributed by atoms with Gasteiger partial charge < -0.3 is 9.57 Å². The summed E-state index contributed by atoms with van der Waals surface area (Å²) < 4.78 is 6.31. The summed E-state index contributed by atoms with van der Waals surface area (Å²) in [6.45, 7) is 6.94. The summed E-state index contributed by atoms with van der Waals surface area (Å²) >= 11 is 0. The first-order chi connectivity index (χ1) is 10.6. The summed E-state index contributed by atoms with van der Waals surface area (Å²) in [5, 5.41) is 4.23. The number of ether oxygens (including phenoxy) is 1. The highest BCUT2D eigenvalue weighted by Crippen LogP contribution is 2.36. The summed E-state index contributed by atoms with van der Waals surface area (Å²) in [7, 11) is 0. The van der Waals surface area contributed by atoms with Crippen LogP contribution in [0.25, 0.3) is 0 Å². The number of hydrogen-bond acceptors (Lipinski definition) is 3. The van der Waals surface area contributed by atoms with Crippen LogP contribution in [0.2, 0.25) is 0 Å². The van der Waals surface area contributed by atoms with Crippen molar-refractivity contribution in [3.8, 4) is 0 Å². The van der Waals surface area contributed by atoms with E-state index in [2.05, 4.69) is 38.1 Å². The lowest BCUT2D eigenvalue weighted by Crippen LogP contribution is -2.37. The van der Waals surface area contributed by atoms with Gasteiger partial charge in [-0.25, -0.2) is 0 Å². The molecule has 1 saturated carbocycles. The fraction of sp³-hybridized carbons (Fsp3) is 0.632. The van der Waals surface area contributed by atoms with Gasteiger partial charge in [-0.05, 0) is 36.2 Å². The van der Waals surface area contributed by atoms with Crippen LogP contribution in [0.15, 0.2) is 35.5 Å². The van der Waals surface area contributed by atoms with Crippen LogP contribution in [0.5, 0.6) is 0 Å². The Balaban J connectivity index is 1.60. The van der Waals surface area contributed by atoms with E-state index in [-0.39, 0.29) is 6.29 Å². The lowest BCUT2D eigenvalue weighted by Gasteiger charge is -2.37. The molecule has 1 aliphatic heterocycles. The summed E-state index contributed by atoms with van der Waals surface area (Å²) in [4.78, 5) is 5.55. The lowest BCUT2D eigenvalue weighted by atomic mass is 9.75. The van der Waals surface area contributed by atoms with Crippen molar-refractivity contribution in [3.63, 3.8) is 0 Å². The SMILES string of the molecule is CC(C)[C@@H]1CC[C@@H](C)C[C@H]1OC1CC(c2ccccc2)=NO1. The predicted octanol–water partition coefficient (Wildman–Crippen LogP) is 4.61. The van der Waals surface area contributed by atoms with Gasteiger partial charge in [0.2, 0.25) is 6.29 Å². The molecule has 0 amide bonds. The van der Waals surface area contributed by atoms with Gasteiger partial charge in [0.05, 0.1) is 18.2 Å². The maximum Gasteiger partial charge on any atom is 0.232 e. The Morgan fingerprint density at radius 3 is 2.68 bits per heavy atom. The van der Waals surface area contributed by atoms with Gasteiger partial charge in [-0.2, -0.15) is 0 Å². The molecule has 0 bridgehead atoms. The highest BCUT2D eigenvalue weighted by molar-refractivity contribution is 6.01. The molecule has 1 aromatic carbocycles. The maximum atomic E-state index is 6.31. The van der Waals surface area contributed by atoms with Gasteiger partial charge in [0, 0.05) is 0 Å². The largest absolute Gasteiger partial charge is 0.363 e. The van der Waals surface area contributed by atoms with Gasteiger partial charge in [0.25, 0.3) is 0 Å². The Labute approximate surface area is 133 Å². The fourth-order valence-electron chi connectivity index (χ4n) is 3.70. The highest BCUT2D eigenvalue weighted by Gasteiger charge is 2.35. The van der Waals surface area contributed by atoms with Crippen molar-refractivity contribution in [1.82, 2.24) is 0 Å². The second-order valence-electron chi connectivity index (χ2n) is 7.14. The molecule has 22 heavy (non-hydrogen) atoms. The number of rotatable bonds is 4. The minimum atomic E-state index is -0.216. The normalized spacial score (nSPS) is 31.9. The Hall–Kier alpha value is -1.35. The van der Waals surface area contributed by atoms with E-state index in [4.69, 9.17) is 9.57 Å². The van der Waals surface area contributed by atoms with Crippen molar-refractivity contribution in [2.45, 2.75) is 58.8 Å². The van der Waals surface area contributed by atoms with E-state index >= 15 is 0 Å². The smallest absolute Gasteiger partial charge is 0.232 e. The Bertz CT molecular complexity index is 511. The van der Waals surface area contributed by atoms with Crippen LogP contribution in [0.4, 0.5) is 0 Å². The minimum Gasteiger partial charge on any atom is -0.363 e. The van der Waals surface area contributed by atoms with Crippen molar-refractivity contribution >= 4 is 5.71 Å². The van der Waals surface area contributed by atoms with E-state index in [1.165, 1.54) is 12.8 Å². The molecule has 1 aliphatic carbocycles. The molecule has 3 heteroatoms. The first-order valence-corrected chi connectivity index (χ1v) is 8.57. The molecule has 0 N–H and O–H groups in total. The molecule has 1 unspecified atom stereocenters. The van der Waals surface area contributed by atoms with E-state index in [9.17, 15) is 0 Å². The van der Waals surface area contributed by atoms with Crippen molar-refractivity contribution in [3.05, 3.63) is 35.9 Å². The molecular formula is C19H27NO2. The van der Waals surface area contributed by atoms with Crippen LogP contribution in [-0.2, 0) is 9.57 Å². The number of nitrogens with zero attached hydrogens (tertiary/aromatic N) is 1. The van der Waals surface area contributed by atoms with E-state index < -0.39 is 0 Å². The van der Waals surface area contributed by atoms with Crippen molar-refractivity contribution in [2.24, 2.45) is 22.9 Å². The third kappa shape index (κ3) is 3.52. The first kappa shape index (κ1) is 15.5. The van der Waals surface area contributed by atoms with E-state index in [0.717, 1.165) is 30.0 Å². The Kier molecular flexibility index (Phi) is 4.82. The monoisotopic (exact) mass is 301 g/mol. The van der Waals surface area contributed by atoms with Crippen molar-refractivity contribution in [2.75, 3.05) is 0 Å². The maximum absolute atomic E-state index is 6.31. The van der Waals surface area contributed by atoms with Crippen molar-refractivity contribution < 1.29 is 9.57 Å². The molecule has 0 spiro atoms. The third-order valence-corrected chi connectivity index (χ3v) is 5.04. The van der Waals surface area contributed by atoms with E-state index in [1.807, 2.05) is 18.2 Å². The highest BCUT2D eigenvalue weighted by atomic mass is 16.8. The van der Waals surface area contributed by atoms with Crippen LogP contribution in [0, 0.1) is 17.8 Å². The van der Waals surface area contributed by atoms with Gasteiger partial charge in [0.1, 0.15) is 0 Å². The zero-order valence-corrected chi connectivity index (χ0v) is 13.9. The number of hydrogen-bond donors (Lipinski definition) is 0. The molecule has 2 aliphatic rings. The molecule has 1 heterocycles. The second kappa shape index (κ2) is 6.82. The zero-order chi connectivity index (χ0) is 15.5. The standard InChI is InChI=1S/C19H27NO2/c1-13(2)16-10-9-14(3)11-18(16)21-19-12-17(20-22-19)15-7-5-4-6-8-15/h4-8,13-14,16,18-19H,9-12H2,1-3H3/t14-,16+,18-,19?/m1/s1. The van der Waals surface area contributed by atoms with Crippen LogP contribution in [-0.4, -0.2) is 18.1 Å². The number of oxime groups is 1. The third-order valence-electron chi connectivity index (χ3n) is 5.04. The molecule has 4 atom stereocenters. The minimum absolute atomic E-state index is 0.216. The summed E-state index contributed by atoms with van der Waals surface area (Å²) in [5.74, 6) is 2.05. The molecule has 1 fully saturated rings. The van der Waals surface area contributed by atoms with Crippen LogP contribution >= 0.6 is 0 Å². The van der Waals surface area contributed by atoms with E-state index in [1.54, 1.807) is 0 Å². The van der Waals surface area contributed by atoms with Gasteiger partial charge in [-0.1, -0.05) is 62.7 Å². The molecule has 0 aromatic heterocycles. The van der Waals surface area contributed by atoms with E-state index in [0.29, 0.717) is 17.9 Å². The summed E-state index contributed by atoms with van der Waals surface area (Å²) in [6, 6.07) is 10.2. The molecular weight excluding hydrogens is 274 g/mol. The number of benzene rings is 1. The first-order valence-electron chi connectivity index (χ1n) is 8.57. The summed E-state index contributed by atoms with van der Waals surface area (Å²) in [5.41, 5.74) is 2.13. The lowest BCUT2D eigenvalue weighted by molar-refractivity contribution is -0.183. The molecule has 3 nitrogen and oxygen atoms in total. The van der Waals surface area contributed by atoms with Gasteiger partial charge in [-0.15, -0.1) is 0 Å². The topological polar surface area (TPSA) is 30.8 Å². The fourth-order valence-corrected chi connectivity index (χ4v) is 3.70. The molecule has 120 valence electrons. The van der Waals surface area contributed by atoms with Crippen LogP contribution in [0.3, 0.4) is 0 Å². The Morgan fingerprint density at radius 2 is 1.95 bits per heavy atom. The molecule has 0 radical (unpaired) electrons. The van der Waals surface area contributed by atoms with Crippen molar-refractivity contribution in [1.29, 1.82) is 0 Å². The molecule has 0 saturated heterocycles. The predicted molar refractivity (Wildman–Crippen MR) is 88.7 cm³/mol. The average molecular weight is 301 g/mol.